The van der Waals surface area contributed by atoms with Crippen molar-refractivity contribution < 1.29 is 20.4 Å². The molecule has 0 amide bonds. The fraction of sp³-hybridized carbons (Fsp3) is 0.360. The first kappa shape index (κ1) is 22.4. The summed E-state index contributed by atoms with van der Waals surface area (Å²) in [6.45, 7) is 10.4. The number of benzene rings is 2. The first-order valence-electron chi connectivity index (χ1n) is 9.93. The lowest BCUT2D eigenvalue weighted by molar-refractivity contribution is 0.441. The van der Waals surface area contributed by atoms with Crippen LogP contribution in [0.25, 0.3) is 10.8 Å². The Balaban J connectivity index is 2.36. The summed E-state index contributed by atoms with van der Waals surface area (Å²) in [6.07, 6.45) is 7.71. The minimum atomic E-state index is -0.215. The largest absolute Gasteiger partial charge is 0.508 e. The van der Waals surface area contributed by atoms with Crippen molar-refractivity contribution in [3.8, 4) is 23.0 Å². The van der Waals surface area contributed by atoms with Gasteiger partial charge in [0.2, 0.25) is 0 Å². The average Bonchev–Trinajstić information content (AvgIpc) is 2.59. The molecule has 4 nitrogen and oxygen atoms in total. The van der Waals surface area contributed by atoms with Crippen LogP contribution in [0, 0.1) is 0 Å². The van der Waals surface area contributed by atoms with Crippen LogP contribution in [0.1, 0.15) is 59.4 Å². The maximum absolute atomic E-state index is 10.5. The molecular weight excluding hydrogens is 364 g/mol. The first-order valence-corrected chi connectivity index (χ1v) is 9.93. The first-order chi connectivity index (χ1) is 13.6. The smallest absolute Gasteiger partial charge is 0.130 e. The zero-order chi connectivity index (χ0) is 21.7. The molecule has 0 aliphatic heterocycles. The third kappa shape index (κ3) is 5.80. The Kier molecular flexibility index (Phi) is 7.38. The van der Waals surface area contributed by atoms with Crippen molar-refractivity contribution >= 4 is 10.8 Å². The molecular formula is C25H32O4. The number of hydrogen-bond acceptors (Lipinski definition) is 4. The quantitative estimate of drug-likeness (QED) is 0.396. The molecule has 0 unspecified atom stereocenters. The fourth-order valence-corrected chi connectivity index (χ4v) is 3.39. The summed E-state index contributed by atoms with van der Waals surface area (Å²) in [7, 11) is 0. The SMILES string of the molecule is CC(C)=CCC/C(C)=C/CC(Cc1c(O)cc(O)c2c(O)cc(O)cc12)=C(C)C. The van der Waals surface area contributed by atoms with Gasteiger partial charge in [0.1, 0.15) is 23.0 Å². The predicted molar refractivity (Wildman–Crippen MR) is 120 cm³/mol. The van der Waals surface area contributed by atoms with Gasteiger partial charge in [-0.1, -0.05) is 34.4 Å². The molecule has 2 aromatic rings. The number of allylic oxidation sites excluding steroid dienone is 6. The Bertz CT molecular complexity index is 978. The van der Waals surface area contributed by atoms with Gasteiger partial charge in [0, 0.05) is 17.7 Å². The lowest BCUT2D eigenvalue weighted by atomic mass is 9.92. The zero-order valence-electron chi connectivity index (χ0n) is 18.0. The molecule has 0 aromatic heterocycles. The monoisotopic (exact) mass is 396 g/mol. The molecule has 2 aromatic carbocycles. The van der Waals surface area contributed by atoms with Crippen LogP contribution in [0.2, 0.25) is 0 Å². The van der Waals surface area contributed by atoms with Crippen molar-refractivity contribution in [1.29, 1.82) is 0 Å². The standard InChI is InChI=1S/C25H32O4/c1-15(2)7-6-8-17(5)9-10-18(16(3)4)11-20-21-12-19(26)13-23(28)25(21)24(29)14-22(20)27/h7,9,12-14,26-29H,6,8,10-11H2,1-5H3/b17-9+. The molecule has 4 heteroatoms. The second-order valence-electron chi connectivity index (χ2n) is 8.14. The van der Waals surface area contributed by atoms with E-state index < -0.39 is 0 Å². The fourth-order valence-electron chi connectivity index (χ4n) is 3.39. The van der Waals surface area contributed by atoms with Crippen molar-refractivity contribution in [2.75, 3.05) is 0 Å². The predicted octanol–water partition coefficient (Wildman–Crippen LogP) is 6.62. The van der Waals surface area contributed by atoms with Gasteiger partial charge < -0.3 is 20.4 Å². The van der Waals surface area contributed by atoms with Crippen molar-refractivity contribution in [3.63, 3.8) is 0 Å². The molecule has 0 atom stereocenters. The van der Waals surface area contributed by atoms with Crippen LogP contribution in [-0.2, 0) is 6.42 Å². The summed E-state index contributed by atoms with van der Waals surface area (Å²) in [5.74, 6) is -0.599. The third-order valence-corrected chi connectivity index (χ3v) is 5.15. The minimum absolute atomic E-state index is 0.0528. The molecule has 0 heterocycles. The van der Waals surface area contributed by atoms with Crippen LogP contribution in [0.3, 0.4) is 0 Å². The number of rotatable bonds is 7. The molecule has 0 fully saturated rings. The summed E-state index contributed by atoms with van der Waals surface area (Å²) in [6, 6.07) is 3.90. The highest BCUT2D eigenvalue weighted by Gasteiger charge is 2.17. The molecule has 0 aliphatic carbocycles. The van der Waals surface area contributed by atoms with Crippen LogP contribution < -0.4 is 0 Å². The Hall–Kier alpha value is -2.88. The molecule has 2 rings (SSSR count). The van der Waals surface area contributed by atoms with Crippen LogP contribution in [0.15, 0.2) is 52.6 Å². The number of aromatic hydroxyl groups is 4. The summed E-state index contributed by atoms with van der Waals surface area (Å²) in [5.41, 5.74) is 5.52. The molecule has 29 heavy (non-hydrogen) atoms. The van der Waals surface area contributed by atoms with Crippen LogP contribution in [0.4, 0.5) is 0 Å². The van der Waals surface area contributed by atoms with E-state index in [1.165, 1.54) is 29.3 Å². The second kappa shape index (κ2) is 9.55. The van der Waals surface area contributed by atoms with Gasteiger partial charge in [-0.15, -0.1) is 0 Å². The highest BCUT2D eigenvalue weighted by atomic mass is 16.3. The van der Waals surface area contributed by atoms with Gasteiger partial charge in [-0.05, 0) is 71.8 Å². The van der Waals surface area contributed by atoms with Gasteiger partial charge in [-0.2, -0.15) is 0 Å². The highest BCUT2D eigenvalue weighted by molar-refractivity contribution is 5.98. The van der Waals surface area contributed by atoms with Gasteiger partial charge in [0.25, 0.3) is 0 Å². The molecule has 0 radical (unpaired) electrons. The molecule has 0 saturated carbocycles. The van der Waals surface area contributed by atoms with Crippen molar-refractivity contribution in [3.05, 3.63) is 58.2 Å². The molecule has 4 N–H and O–H groups in total. The molecule has 0 bridgehead atoms. The van der Waals surface area contributed by atoms with Gasteiger partial charge in [0.15, 0.2) is 0 Å². The van der Waals surface area contributed by atoms with Crippen LogP contribution >= 0.6 is 0 Å². The van der Waals surface area contributed by atoms with Crippen LogP contribution in [-0.4, -0.2) is 20.4 Å². The molecule has 0 saturated heterocycles. The molecule has 0 spiro atoms. The van der Waals surface area contributed by atoms with Crippen molar-refractivity contribution in [2.45, 2.75) is 60.3 Å². The van der Waals surface area contributed by atoms with Gasteiger partial charge in [-0.25, -0.2) is 0 Å². The zero-order valence-corrected chi connectivity index (χ0v) is 18.0. The van der Waals surface area contributed by atoms with Gasteiger partial charge in [0.05, 0.1) is 5.39 Å². The number of phenols is 4. The van der Waals surface area contributed by atoms with Crippen molar-refractivity contribution in [1.82, 2.24) is 0 Å². The number of phenolic OH excluding ortho intramolecular Hbond substituents is 4. The van der Waals surface area contributed by atoms with Gasteiger partial charge in [-0.3, -0.25) is 0 Å². The summed E-state index contributed by atoms with van der Waals surface area (Å²) < 4.78 is 0. The third-order valence-electron chi connectivity index (χ3n) is 5.15. The molecule has 0 aliphatic rings. The summed E-state index contributed by atoms with van der Waals surface area (Å²) in [5, 5.41) is 41.4. The highest BCUT2D eigenvalue weighted by Crippen LogP contribution is 2.42. The maximum Gasteiger partial charge on any atom is 0.130 e. The van der Waals surface area contributed by atoms with E-state index in [1.807, 2.05) is 13.8 Å². The van der Waals surface area contributed by atoms with E-state index in [1.54, 1.807) is 0 Å². The number of hydrogen-bond donors (Lipinski definition) is 4. The lowest BCUT2D eigenvalue weighted by Crippen LogP contribution is -1.96. The van der Waals surface area contributed by atoms with E-state index in [0.29, 0.717) is 17.4 Å². The van der Waals surface area contributed by atoms with E-state index in [2.05, 4.69) is 32.9 Å². The van der Waals surface area contributed by atoms with E-state index in [9.17, 15) is 20.4 Å². The lowest BCUT2D eigenvalue weighted by Gasteiger charge is -2.15. The average molecular weight is 397 g/mol. The van der Waals surface area contributed by atoms with E-state index >= 15 is 0 Å². The van der Waals surface area contributed by atoms with Crippen molar-refractivity contribution in [2.24, 2.45) is 0 Å². The number of fused-ring (bicyclic) bond motifs is 1. The van der Waals surface area contributed by atoms with E-state index in [0.717, 1.165) is 30.4 Å². The van der Waals surface area contributed by atoms with Gasteiger partial charge >= 0.3 is 0 Å². The maximum atomic E-state index is 10.5. The Morgan fingerprint density at radius 2 is 1.48 bits per heavy atom. The van der Waals surface area contributed by atoms with Crippen LogP contribution in [0.5, 0.6) is 23.0 Å². The molecule has 156 valence electrons. The topological polar surface area (TPSA) is 80.9 Å². The van der Waals surface area contributed by atoms with E-state index in [4.69, 9.17) is 0 Å². The Labute approximate surface area is 173 Å². The second-order valence-corrected chi connectivity index (χ2v) is 8.14. The summed E-state index contributed by atoms with van der Waals surface area (Å²) >= 11 is 0. The van der Waals surface area contributed by atoms with E-state index in [-0.39, 0.29) is 28.4 Å². The Morgan fingerprint density at radius 1 is 0.828 bits per heavy atom. The Morgan fingerprint density at radius 3 is 2.10 bits per heavy atom. The summed E-state index contributed by atoms with van der Waals surface area (Å²) in [4.78, 5) is 0. The normalized spacial score (nSPS) is 11.6. The minimum Gasteiger partial charge on any atom is -0.508 e.